The zero-order valence-corrected chi connectivity index (χ0v) is 13.4. The average molecular weight is 334 g/mol. The third-order valence-electron chi connectivity index (χ3n) is 2.95. The van der Waals surface area contributed by atoms with Gasteiger partial charge in [0.2, 0.25) is 5.91 Å². The summed E-state index contributed by atoms with van der Waals surface area (Å²) in [4.78, 5) is 27.5. The molecule has 0 saturated carbocycles. The van der Waals surface area contributed by atoms with E-state index in [4.69, 9.17) is 14.6 Å². The van der Waals surface area contributed by atoms with Gasteiger partial charge in [0, 0.05) is 5.88 Å². The van der Waals surface area contributed by atoms with Crippen LogP contribution in [-0.4, -0.2) is 45.6 Å². The number of hydrogen-bond donors (Lipinski definition) is 3. The lowest BCUT2D eigenvalue weighted by Crippen LogP contribution is -2.75. The largest absolute Gasteiger partial charge is 0.342 e. The zero-order valence-electron chi connectivity index (χ0n) is 11.7. The highest BCUT2D eigenvalue weighted by Gasteiger charge is 2.56. The minimum absolute atomic E-state index is 0.00592. The Labute approximate surface area is 131 Å². The van der Waals surface area contributed by atoms with Gasteiger partial charge in [0.1, 0.15) is 6.04 Å². The van der Waals surface area contributed by atoms with Crippen LogP contribution in [0.3, 0.4) is 0 Å². The summed E-state index contributed by atoms with van der Waals surface area (Å²) in [6.07, 6.45) is 0.00592. The van der Waals surface area contributed by atoms with Gasteiger partial charge in [-0.1, -0.05) is 0 Å². The molecule has 118 valence electrons. The summed E-state index contributed by atoms with van der Waals surface area (Å²) in [5, 5.41) is 5.28. The summed E-state index contributed by atoms with van der Waals surface area (Å²) in [5.74, 6) is -0.405. The predicted octanol–water partition coefficient (Wildman–Crippen LogP) is 0.726. The maximum absolute atomic E-state index is 11.9. The molecular formula is C11H18N4O4S2. The molecule has 0 aliphatic carbocycles. The zero-order chi connectivity index (χ0) is 16.0. The van der Waals surface area contributed by atoms with E-state index in [9.17, 15) is 9.59 Å². The number of carbonyl (C=O) groups is 2. The van der Waals surface area contributed by atoms with Crippen molar-refractivity contribution in [3.05, 3.63) is 11.1 Å². The van der Waals surface area contributed by atoms with Crippen LogP contribution in [-0.2, 0) is 13.9 Å². The van der Waals surface area contributed by atoms with Crippen LogP contribution in [0.1, 0.15) is 20.3 Å². The van der Waals surface area contributed by atoms with Crippen LogP contribution < -0.4 is 11.1 Å². The standard InChI is InChI=1S/C11H18N4O4S2/c1-11(2)9(10(17)15(11)19-21-18)14-8(16)4-7(13-3)5-20-6-12/h5,9,18H,3-4,6,12H2,1-2H3,(H,14,16)/b7-5-. The summed E-state index contributed by atoms with van der Waals surface area (Å²) in [6.45, 7) is 6.80. The van der Waals surface area contributed by atoms with E-state index in [-0.39, 0.29) is 24.7 Å². The highest BCUT2D eigenvalue weighted by Crippen LogP contribution is 2.33. The van der Waals surface area contributed by atoms with Gasteiger partial charge in [-0.05, 0) is 26.0 Å². The molecule has 0 aromatic heterocycles. The third-order valence-corrected chi connectivity index (χ3v) is 3.80. The highest BCUT2D eigenvalue weighted by atomic mass is 32.2. The van der Waals surface area contributed by atoms with Gasteiger partial charge >= 0.3 is 0 Å². The molecule has 1 atom stereocenters. The quantitative estimate of drug-likeness (QED) is 0.259. The number of nitrogens with two attached hydrogens (primary N) is 1. The Morgan fingerprint density at radius 2 is 2.38 bits per heavy atom. The molecule has 0 radical (unpaired) electrons. The van der Waals surface area contributed by atoms with Gasteiger partial charge in [-0.2, -0.15) is 9.35 Å². The van der Waals surface area contributed by atoms with Crippen molar-refractivity contribution >= 4 is 42.6 Å². The molecule has 1 heterocycles. The van der Waals surface area contributed by atoms with Crippen LogP contribution >= 0.6 is 24.1 Å². The van der Waals surface area contributed by atoms with Crippen molar-refractivity contribution in [2.24, 2.45) is 10.7 Å². The molecule has 1 fully saturated rings. The Hall–Kier alpha value is -1.07. The molecule has 1 aliphatic rings. The Morgan fingerprint density at radius 3 is 2.86 bits per heavy atom. The molecule has 1 saturated heterocycles. The molecule has 1 rings (SSSR count). The molecule has 1 aliphatic heterocycles. The van der Waals surface area contributed by atoms with E-state index in [1.165, 1.54) is 11.8 Å². The Kier molecular flexibility index (Phi) is 6.68. The summed E-state index contributed by atoms with van der Waals surface area (Å²) >= 11 is 1.39. The van der Waals surface area contributed by atoms with Crippen LogP contribution in [0.15, 0.2) is 16.1 Å². The fraction of sp³-hybridized carbons (Fsp3) is 0.545. The van der Waals surface area contributed by atoms with Gasteiger partial charge in [0.25, 0.3) is 5.91 Å². The van der Waals surface area contributed by atoms with E-state index in [0.717, 1.165) is 5.06 Å². The fourth-order valence-corrected chi connectivity index (χ4v) is 2.59. The number of aliphatic imine (C=N–C) groups is 1. The summed E-state index contributed by atoms with van der Waals surface area (Å²) < 4.78 is 13.3. The van der Waals surface area contributed by atoms with Gasteiger partial charge in [-0.25, -0.2) is 0 Å². The molecule has 8 nitrogen and oxygen atoms in total. The lowest BCUT2D eigenvalue weighted by Gasteiger charge is -2.50. The lowest BCUT2D eigenvalue weighted by molar-refractivity contribution is -0.214. The summed E-state index contributed by atoms with van der Waals surface area (Å²) in [6, 6.07) is -0.717. The van der Waals surface area contributed by atoms with Crippen molar-refractivity contribution in [1.29, 1.82) is 0 Å². The first kappa shape index (κ1) is 18.0. The predicted molar refractivity (Wildman–Crippen MR) is 83.1 cm³/mol. The van der Waals surface area contributed by atoms with Crippen molar-refractivity contribution in [3.63, 3.8) is 0 Å². The molecule has 0 spiro atoms. The lowest BCUT2D eigenvalue weighted by atomic mass is 9.84. The first-order valence-electron chi connectivity index (χ1n) is 5.97. The average Bonchev–Trinajstić information content (AvgIpc) is 2.46. The number of nitrogens with zero attached hydrogens (tertiary/aromatic N) is 2. The second kappa shape index (κ2) is 7.80. The van der Waals surface area contributed by atoms with Gasteiger partial charge < -0.3 is 15.6 Å². The third kappa shape index (κ3) is 4.20. The van der Waals surface area contributed by atoms with Crippen LogP contribution in [0.4, 0.5) is 0 Å². The van der Waals surface area contributed by atoms with Gasteiger partial charge in [0.15, 0.2) is 12.3 Å². The Balaban J connectivity index is 2.60. The molecule has 1 unspecified atom stereocenters. The molecule has 21 heavy (non-hydrogen) atoms. The first-order valence-corrected chi connectivity index (χ1v) is 7.72. The number of β-lactam (4-membered cyclic amide) rings is 1. The van der Waals surface area contributed by atoms with E-state index < -0.39 is 17.5 Å². The number of thioether (sulfide) groups is 1. The van der Waals surface area contributed by atoms with Gasteiger partial charge in [0.05, 0.1) is 17.7 Å². The van der Waals surface area contributed by atoms with Crippen LogP contribution in [0.2, 0.25) is 0 Å². The summed E-state index contributed by atoms with van der Waals surface area (Å²) in [5.41, 5.74) is 5.07. The van der Waals surface area contributed by atoms with Crippen LogP contribution in [0.5, 0.6) is 0 Å². The second-order valence-corrected chi connectivity index (χ2v) is 5.91. The number of amides is 2. The van der Waals surface area contributed by atoms with Crippen LogP contribution in [0, 0.1) is 0 Å². The van der Waals surface area contributed by atoms with E-state index >= 15 is 0 Å². The van der Waals surface area contributed by atoms with E-state index in [2.05, 4.69) is 17.0 Å². The number of hydroxylamine groups is 2. The number of rotatable bonds is 8. The number of hydrogen-bond acceptors (Lipinski definition) is 8. The van der Waals surface area contributed by atoms with E-state index in [1.54, 1.807) is 19.3 Å². The van der Waals surface area contributed by atoms with E-state index in [0.29, 0.717) is 11.6 Å². The molecular weight excluding hydrogens is 316 g/mol. The number of carbonyl (C=O) groups excluding carboxylic acids is 2. The molecule has 0 bridgehead atoms. The Morgan fingerprint density at radius 1 is 1.71 bits per heavy atom. The first-order chi connectivity index (χ1) is 9.88. The number of nitrogens with one attached hydrogen (secondary N) is 1. The van der Waals surface area contributed by atoms with Crippen LogP contribution in [0.25, 0.3) is 0 Å². The maximum Gasteiger partial charge on any atom is 0.272 e. The van der Waals surface area contributed by atoms with Crippen molar-refractivity contribution in [2.45, 2.75) is 31.8 Å². The van der Waals surface area contributed by atoms with Crippen molar-refractivity contribution in [2.75, 3.05) is 5.88 Å². The molecule has 0 aromatic carbocycles. The molecule has 0 aromatic rings. The topological polar surface area (TPSA) is 117 Å². The van der Waals surface area contributed by atoms with E-state index in [1.807, 2.05) is 0 Å². The van der Waals surface area contributed by atoms with Crippen molar-refractivity contribution in [1.82, 2.24) is 10.4 Å². The smallest absolute Gasteiger partial charge is 0.272 e. The minimum atomic E-state index is -0.750. The second-order valence-electron chi connectivity index (χ2n) is 4.71. The summed E-state index contributed by atoms with van der Waals surface area (Å²) in [7, 11) is 0. The normalized spacial score (nSPS) is 21.0. The highest BCUT2D eigenvalue weighted by molar-refractivity contribution is 8.02. The maximum atomic E-state index is 11.9. The molecule has 10 heteroatoms. The Bertz CT molecular complexity index is 456. The van der Waals surface area contributed by atoms with Gasteiger partial charge in [-0.3, -0.25) is 14.6 Å². The van der Waals surface area contributed by atoms with Crippen molar-refractivity contribution < 1.29 is 18.4 Å². The molecule has 4 N–H and O–H groups in total. The monoisotopic (exact) mass is 334 g/mol. The van der Waals surface area contributed by atoms with Crippen molar-refractivity contribution in [3.8, 4) is 0 Å². The van der Waals surface area contributed by atoms with Gasteiger partial charge in [-0.15, -0.1) is 11.8 Å². The fourth-order valence-electron chi connectivity index (χ4n) is 1.81. The molecule has 2 amide bonds. The SMILES string of the molecule is C=N/C(=C\SCN)CC(=O)NC1C(=O)N(OSO)C1(C)C. The minimum Gasteiger partial charge on any atom is -0.342 e.